The van der Waals surface area contributed by atoms with Crippen molar-refractivity contribution in [3.8, 4) is 0 Å². The second-order valence-corrected chi connectivity index (χ2v) is 4.86. The lowest BCUT2D eigenvalue weighted by molar-refractivity contribution is -0.132. The molecule has 1 aliphatic rings. The number of amides is 1. The van der Waals surface area contributed by atoms with E-state index in [1.54, 1.807) is 31.2 Å². The zero-order valence-corrected chi connectivity index (χ0v) is 11.2. The van der Waals surface area contributed by atoms with Gasteiger partial charge in [0, 0.05) is 17.8 Å². The van der Waals surface area contributed by atoms with Gasteiger partial charge in [-0.1, -0.05) is 18.2 Å². The van der Waals surface area contributed by atoms with E-state index in [-0.39, 0.29) is 5.56 Å². The van der Waals surface area contributed by atoms with Crippen LogP contribution in [0.4, 0.5) is 5.69 Å². The largest absolute Gasteiger partial charge is 0.371 e. The Balaban J connectivity index is 2.34. The molecular formula is C14H15N3O3. The Morgan fingerprint density at radius 3 is 2.55 bits per heavy atom. The summed E-state index contributed by atoms with van der Waals surface area (Å²) in [4.78, 5) is 26.1. The van der Waals surface area contributed by atoms with E-state index in [1.807, 2.05) is 6.92 Å². The van der Waals surface area contributed by atoms with Gasteiger partial charge in [-0.3, -0.25) is 14.7 Å². The fourth-order valence-corrected chi connectivity index (χ4v) is 2.87. The number of fused-ring (bicyclic) bond motifs is 1. The Hall–Kier alpha value is -2.34. The van der Waals surface area contributed by atoms with E-state index in [4.69, 9.17) is 0 Å². The van der Waals surface area contributed by atoms with Gasteiger partial charge in [0.1, 0.15) is 0 Å². The second kappa shape index (κ2) is 4.08. The van der Waals surface area contributed by atoms with Crippen LogP contribution in [0.15, 0.2) is 29.1 Å². The molecule has 0 saturated heterocycles. The molecule has 1 aromatic heterocycles. The van der Waals surface area contributed by atoms with E-state index in [2.05, 4.69) is 10.2 Å². The highest BCUT2D eigenvalue weighted by atomic mass is 16.3. The number of aryl methyl sites for hydroxylation is 1. The lowest BCUT2D eigenvalue weighted by Crippen LogP contribution is -2.43. The lowest BCUT2D eigenvalue weighted by atomic mass is 9.88. The third-order valence-electron chi connectivity index (χ3n) is 3.78. The molecule has 6 heteroatoms. The maximum atomic E-state index is 12.6. The molecule has 2 heterocycles. The summed E-state index contributed by atoms with van der Waals surface area (Å²) in [6, 6.07) is 6.99. The first-order chi connectivity index (χ1) is 9.51. The van der Waals surface area contributed by atoms with Gasteiger partial charge in [-0.2, -0.15) is 0 Å². The van der Waals surface area contributed by atoms with Crippen molar-refractivity contribution >= 4 is 11.6 Å². The van der Waals surface area contributed by atoms with E-state index < -0.39 is 17.1 Å². The van der Waals surface area contributed by atoms with Crippen LogP contribution in [0.25, 0.3) is 0 Å². The number of H-pyrrole nitrogens is 2. The second-order valence-electron chi connectivity index (χ2n) is 4.86. The molecule has 3 rings (SSSR count). The van der Waals surface area contributed by atoms with Crippen LogP contribution in [0.5, 0.6) is 0 Å². The molecular weight excluding hydrogens is 258 g/mol. The third kappa shape index (κ3) is 1.36. The maximum Gasteiger partial charge on any atom is 0.271 e. The van der Waals surface area contributed by atoms with Gasteiger partial charge in [0.2, 0.25) is 5.60 Å². The number of benzene rings is 1. The Bertz CT molecular complexity index is 746. The molecule has 0 aliphatic carbocycles. The minimum absolute atomic E-state index is 0.0610. The van der Waals surface area contributed by atoms with E-state index in [0.717, 1.165) is 0 Å². The number of likely N-dealkylation sites (N-methyl/N-ethyl adjacent to an activating group) is 1. The highest BCUT2D eigenvalue weighted by molar-refractivity contribution is 6.09. The van der Waals surface area contributed by atoms with Gasteiger partial charge in [0.05, 0.1) is 11.3 Å². The summed E-state index contributed by atoms with van der Waals surface area (Å²) >= 11 is 0. The molecule has 1 amide bonds. The molecule has 1 aliphatic heterocycles. The number of carbonyl (C=O) groups excluding carboxylic acids is 1. The molecule has 0 radical (unpaired) electrons. The number of aromatic nitrogens is 2. The van der Waals surface area contributed by atoms with Crippen molar-refractivity contribution in [3.05, 3.63) is 51.4 Å². The monoisotopic (exact) mass is 273 g/mol. The van der Waals surface area contributed by atoms with E-state index in [0.29, 0.717) is 23.5 Å². The predicted molar refractivity (Wildman–Crippen MR) is 73.6 cm³/mol. The lowest BCUT2D eigenvalue weighted by Gasteiger charge is -2.21. The minimum atomic E-state index is -1.93. The molecule has 0 spiro atoms. The summed E-state index contributed by atoms with van der Waals surface area (Å²) in [7, 11) is 0. The number of para-hydroxylation sites is 1. The number of anilines is 1. The van der Waals surface area contributed by atoms with Crippen molar-refractivity contribution in [2.24, 2.45) is 0 Å². The summed E-state index contributed by atoms with van der Waals surface area (Å²) in [5, 5.41) is 16.1. The molecule has 3 N–H and O–H groups in total. The summed E-state index contributed by atoms with van der Waals surface area (Å²) in [6.45, 7) is 3.91. The predicted octanol–water partition coefficient (Wildman–Crippen LogP) is 0.614. The fraction of sp³-hybridized carbons (Fsp3) is 0.286. The Kier molecular flexibility index (Phi) is 2.58. The summed E-state index contributed by atoms with van der Waals surface area (Å²) < 4.78 is 0. The first-order valence-corrected chi connectivity index (χ1v) is 6.43. The van der Waals surface area contributed by atoms with Crippen molar-refractivity contribution in [1.29, 1.82) is 0 Å². The van der Waals surface area contributed by atoms with E-state index in [1.165, 1.54) is 4.90 Å². The van der Waals surface area contributed by atoms with Crippen LogP contribution < -0.4 is 10.5 Å². The molecule has 0 bridgehead atoms. The standard InChI is InChI=1S/C14H15N3O3/c1-3-17-10-7-5-4-6-9(10)14(20,13(17)19)11-8(2)15-16-12(11)18/h4-7,20H,3H2,1-2H3,(H2,15,16,18). The maximum absolute atomic E-state index is 12.6. The minimum Gasteiger partial charge on any atom is -0.371 e. The number of hydrogen-bond acceptors (Lipinski definition) is 3. The van der Waals surface area contributed by atoms with Crippen LogP contribution in [0, 0.1) is 6.92 Å². The van der Waals surface area contributed by atoms with E-state index >= 15 is 0 Å². The highest BCUT2D eigenvalue weighted by Crippen LogP contribution is 2.43. The van der Waals surface area contributed by atoms with Gasteiger partial charge >= 0.3 is 0 Å². The Labute approximate surface area is 115 Å². The van der Waals surface area contributed by atoms with Gasteiger partial charge in [-0.05, 0) is 19.9 Å². The number of rotatable bonds is 2. The average molecular weight is 273 g/mol. The zero-order valence-electron chi connectivity index (χ0n) is 11.2. The third-order valence-corrected chi connectivity index (χ3v) is 3.78. The molecule has 6 nitrogen and oxygen atoms in total. The number of aromatic amines is 2. The Morgan fingerprint density at radius 2 is 1.95 bits per heavy atom. The van der Waals surface area contributed by atoms with Crippen molar-refractivity contribution in [2.75, 3.05) is 11.4 Å². The normalized spacial score (nSPS) is 21.4. The summed E-state index contributed by atoms with van der Waals surface area (Å²) in [5.41, 5.74) is -0.803. The molecule has 1 atom stereocenters. The zero-order chi connectivity index (χ0) is 14.5. The first-order valence-electron chi connectivity index (χ1n) is 6.43. The van der Waals surface area contributed by atoms with Gasteiger partial charge in [0.15, 0.2) is 0 Å². The first kappa shape index (κ1) is 12.7. The number of hydrogen-bond donors (Lipinski definition) is 3. The van der Waals surface area contributed by atoms with Crippen LogP contribution in [0.2, 0.25) is 0 Å². The average Bonchev–Trinajstić information content (AvgIpc) is 2.88. The molecule has 2 aromatic rings. The number of nitrogens with one attached hydrogen (secondary N) is 2. The number of aliphatic hydroxyl groups is 1. The quantitative estimate of drug-likeness (QED) is 0.749. The van der Waals surface area contributed by atoms with Gasteiger partial charge < -0.3 is 15.1 Å². The Morgan fingerprint density at radius 1 is 1.25 bits per heavy atom. The molecule has 1 unspecified atom stereocenters. The molecule has 20 heavy (non-hydrogen) atoms. The SMILES string of the molecule is CCN1C(=O)C(O)(c2c(C)[nH][nH]c2=O)c2ccccc21. The molecule has 104 valence electrons. The number of nitrogens with zero attached hydrogens (tertiary/aromatic N) is 1. The van der Waals surface area contributed by atoms with Crippen molar-refractivity contribution < 1.29 is 9.90 Å². The number of carbonyl (C=O) groups is 1. The van der Waals surface area contributed by atoms with Crippen LogP contribution in [-0.4, -0.2) is 27.8 Å². The fourth-order valence-electron chi connectivity index (χ4n) is 2.87. The highest BCUT2D eigenvalue weighted by Gasteiger charge is 2.53. The van der Waals surface area contributed by atoms with Gasteiger partial charge in [-0.15, -0.1) is 0 Å². The van der Waals surface area contributed by atoms with Crippen molar-refractivity contribution in [3.63, 3.8) is 0 Å². The summed E-state index contributed by atoms with van der Waals surface area (Å²) in [5.74, 6) is -0.491. The molecule has 0 fully saturated rings. The van der Waals surface area contributed by atoms with Crippen molar-refractivity contribution in [2.45, 2.75) is 19.4 Å². The van der Waals surface area contributed by atoms with Crippen LogP contribution in [-0.2, 0) is 10.4 Å². The van der Waals surface area contributed by atoms with Gasteiger partial charge in [0.25, 0.3) is 11.5 Å². The smallest absolute Gasteiger partial charge is 0.271 e. The van der Waals surface area contributed by atoms with Crippen LogP contribution in [0.3, 0.4) is 0 Å². The summed E-state index contributed by atoms with van der Waals surface area (Å²) in [6.07, 6.45) is 0. The van der Waals surface area contributed by atoms with Gasteiger partial charge in [-0.25, -0.2) is 0 Å². The van der Waals surface area contributed by atoms with Crippen molar-refractivity contribution in [1.82, 2.24) is 10.2 Å². The molecule has 0 saturated carbocycles. The topological polar surface area (TPSA) is 89.2 Å². The molecule has 1 aromatic carbocycles. The van der Waals surface area contributed by atoms with E-state index in [9.17, 15) is 14.7 Å². The van der Waals surface area contributed by atoms with Crippen LogP contribution in [0.1, 0.15) is 23.7 Å². The van der Waals surface area contributed by atoms with Crippen LogP contribution >= 0.6 is 0 Å².